The van der Waals surface area contributed by atoms with Crippen LogP contribution in [0.4, 0.5) is 0 Å². The number of aliphatic imine (C=N–C) groups is 1. The molecule has 0 aromatic rings. The number of rotatable bonds is 4. The second-order valence-corrected chi connectivity index (χ2v) is 4.23. The zero-order chi connectivity index (χ0) is 9.14. The summed E-state index contributed by atoms with van der Waals surface area (Å²) in [5.41, 5.74) is 5.74. The molecule has 0 aliphatic heterocycles. The molecule has 1 fully saturated rings. The normalized spacial score (nSPS) is 21.5. The third kappa shape index (κ3) is 2.84. The van der Waals surface area contributed by atoms with Gasteiger partial charge in [0.1, 0.15) is 0 Å². The first-order valence-electron chi connectivity index (χ1n) is 4.91. The number of nitrogens with two attached hydrogens (primary N) is 1. The van der Waals surface area contributed by atoms with Crippen molar-refractivity contribution in [2.24, 2.45) is 28.5 Å². The van der Waals surface area contributed by atoms with Crippen LogP contribution in [0.25, 0.3) is 0 Å². The van der Waals surface area contributed by atoms with Gasteiger partial charge in [-0.25, -0.2) is 0 Å². The Balaban J connectivity index is 2.26. The van der Waals surface area contributed by atoms with Crippen molar-refractivity contribution in [1.29, 1.82) is 0 Å². The summed E-state index contributed by atoms with van der Waals surface area (Å²) in [4.78, 5) is 4.38. The van der Waals surface area contributed by atoms with E-state index in [9.17, 15) is 0 Å². The number of nitrogens with zero attached hydrogens (tertiary/aromatic N) is 1. The second kappa shape index (κ2) is 3.92. The molecule has 0 heterocycles. The quantitative estimate of drug-likeness (QED) is 0.506. The molecule has 0 amide bonds. The Kier molecular flexibility index (Phi) is 3.12. The third-order valence-electron chi connectivity index (χ3n) is 2.58. The smallest absolute Gasteiger partial charge is 0.0962 e. The highest BCUT2D eigenvalue weighted by atomic mass is 14.9. The number of hydrogen-bond donors (Lipinski definition) is 1. The molecular formula is C10H20N2. The maximum atomic E-state index is 5.74. The van der Waals surface area contributed by atoms with E-state index in [1.807, 2.05) is 0 Å². The Morgan fingerprint density at radius 3 is 2.42 bits per heavy atom. The minimum absolute atomic E-state index is 0.399. The standard InChI is InChI=1S/C10H20N2/c1-7(2)10(11)12-6-8(3)9-4-5-9/h7-9H,4-6H2,1-3H3,(H2,11,12). The highest BCUT2D eigenvalue weighted by Gasteiger charge is 2.27. The Morgan fingerprint density at radius 1 is 1.42 bits per heavy atom. The van der Waals surface area contributed by atoms with Gasteiger partial charge in [-0.05, 0) is 24.7 Å². The van der Waals surface area contributed by atoms with Gasteiger partial charge in [0.15, 0.2) is 0 Å². The average Bonchev–Trinajstić information content (AvgIpc) is 2.81. The molecule has 1 saturated carbocycles. The lowest BCUT2D eigenvalue weighted by Gasteiger charge is -2.08. The van der Waals surface area contributed by atoms with Gasteiger partial charge >= 0.3 is 0 Å². The summed E-state index contributed by atoms with van der Waals surface area (Å²) in [5.74, 6) is 2.88. The second-order valence-electron chi connectivity index (χ2n) is 4.23. The predicted octanol–water partition coefficient (Wildman–Crippen LogP) is 2.05. The molecule has 0 bridgehead atoms. The van der Waals surface area contributed by atoms with Crippen LogP contribution in [0.5, 0.6) is 0 Å². The fourth-order valence-electron chi connectivity index (χ4n) is 1.25. The average molecular weight is 168 g/mol. The zero-order valence-electron chi connectivity index (χ0n) is 8.38. The molecule has 2 heteroatoms. The van der Waals surface area contributed by atoms with Crippen molar-refractivity contribution in [3.05, 3.63) is 0 Å². The topological polar surface area (TPSA) is 38.4 Å². The van der Waals surface area contributed by atoms with E-state index in [4.69, 9.17) is 5.73 Å². The Bertz CT molecular complexity index is 169. The fourth-order valence-corrected chi connectivity index (χ4v) is 1.25. The first-order valence-corrected chi connectivity index (χ1v) is 4.91. The summed E-state index contributed by atoms with van der Waals surface area (Å²) in [5, 5.41) is 0. The van der Waals surface area contributed by atoms with Gasteiger partial charge in [-0.15, -0.1) is 0 Å². The maximum Gasteiger partial charge on any atom is 0.0962 e. The zero-order valence-corrected chi connectivity index (χ0v) is 8.38. The molecule has 0 saturated heterocycles. The minimum Gasteiger partial charge on any atom is -0.387 e. The molecule has 2 nitrogen and oxygen atoms in total. The highest BCUT2D eigenvalue weighted by Crippen LogP contribution is 2.36. The van der Waals surface area contributed by atoms with Gasteiger partial charge in [0, 0.05) is 12.5 Å². The molecule has 2 N–H and O–H groups in total. The fraction of sp³-hybridized carbons (Fsp3) is 0.900. The van der Waals surface area contributed by atoms with Crippen LogP contribution < -0.4 is 5.73 Å². The predicted molar refractivity (Wildman–Crippen MR) is 53.2 cm³/mol. The molecular weight excluding hydrogens is 148 g/mol. The molecule has 1 unspecified atom stereocenters. The van der Waals surface area contributed by atoms with Crippen molar-refractivity contribution in [3.8, 4) is 0 Å². The van der Waals surface area contributed by atoms with E-state index >= 15 is 0 Å². The molecule has 1 aliphatic rings. The van der Waals surface area contributed by atoms with Gasteiger partial charge in [-0.2, -0.15) is 0 Å². The lowest BCUT2D eigenvalue weighted by atomic mass is 10.1. The minimum atomic E-state index is 0.399. The van der Waals surface area contributed by atoms with Gasteiger partial charge in [0.25, 0.3) is 0 Å². The highest BCUT2D eigenvalue weighted by molar-refractivity contribution is 5.82. The molecule has 0 radical (unpaired) electrons. The van der Waals surface area contributed by atoms with Crippen LogP contribution >= 0.6 is 0 Å². The largest absolute Gasteiger partial charge is 0.387 e. The molecule has 0 aromatic heterocycles. The van der Waals surface area contributed by atoms with Crippen LogP contribution in [0.3, 0.4) is 0 Å². The first-order chi connectivity index (χ1) is 5.61. The molecule has 1 aliphatic carbocycles. The van der Waals surface area contributed by atoms with Crippen LogP contribution in [0.2, 0.25) is 0 Å². The van der Waals surface area contributed by atoms with Gasteiger partial charge in [-0.3, -0.25) is 4.99 Å². The number of amidine groups is 1. The van der Waals surface area contributed by atoms with E-state index in [-0.39, 0.29) is 0 Å². The van der Waals surface area contributed by atoms with Crippen molar-refractivity contribution >= 4 is 5.84 Å². The van der Waals surface area contributed by atoms with E-state index in [1.165, 1.54) is 12.8 Å². The molecule has 70 valence electrons. The van der Waals surface area contributed by atoms with Crippen LogP contribution in [0.15, 0.2) is 4.99 Å². The van der Waals surface area contributed by atoms with Crippen LogP contribution in [-0.2, 0) is 0 Å². The van der Waals surface area contributed by atoms with Crippen molar-refractivity contribution in [2.45, 2.75) is 33.6 Å². The van der Waals surface area contributed by atoms with Crippen molar-refractivity contribution in [1.82, 2.24) is 0 Å². The summed E-state index contributed by atoms with van der Waals surface area (Å²) >= 11 is 0. The summed E-state index contributed by atoms with van der Waals surface area (Å²) in [7, 11) is 0. The van der Waals surface area contributed by atoms with Crippen molar-refractivity contribution in [2.75, 3.05) is 6.54 Å². The van der Waals surface area contributed by atoms with E-state index in [2.05, 4.69) is 25.8 Å². The molecule has 0 aromatic carbocycles. The molecule has 12 heavy (non-hydrogen) atoms. The lowest BCUT2D eigenvalue weighted by molar-refractivity contribution is 0.521. The maximum absolute atomic E-state index is 5.74. The van der Waals surface area contributed by atoms with Gasteiger partial charge in [-0.1, -0.05) is 20.8 Å². The Morgan fingerprint density at radius 2 is 2.00 bits per heavy atom. The third-order valence-corrected chi connectivity index (χ3v) is 2.58. The summed E-state index contributed by atoms with van der Waals surface area (Å²) in [6, 6.07) is 0. The van der Waals surface area contributed by atoms with Gasteiger partial charge in [0.05, 0.1) is 5.84 Å². The molecule has 1 rings (SSSR count). The lowest BCUT2D eigenvalue weighted by Crippen LogP contribution is -2.20. The summed E-state index contributed by atoms with van der Waals surface area (Å²) in [6.07, 6.45) is 2.80. The van der Waals surface area contributed by atoms with Crippen LogP contribution in [-0.4, -0.2) is 12.4 Å². The number of hydrogen-bond acceptors (Lipinski definition) is 1. The van der Waals surface area contributed by atoms with Crippen molar-refractivity contribution in [3.63, 3.8) is 0 Å². The summed E-state index contributed by atoms with van der Waals surface area (Å²) < 4.78 is 0. The van der Waals surface area contributed by atoms with Crippen LogP contribution in [0, 0.1) is 17.8 Å². The summed E-state index contributed by atoms with van der Waals surface area (Å²) in [6.45, 7) is 7.37. The van der Waals surface area contributed by atoms with Crippen LogP contribution in [0.1, 0.15) is 33.6 Å². The van der Waals surface area contributed by atoms with Crippen molar-refractivity contribution < 1.29 is 0 Å². The Hall–Kier alpha value is -0.530. The SMILES string of the molecule is CC(C)C(N)=NCC(C)C1CC1. The van der Waals surface area contributed by atoms with Gasteiger partial charge < -0.3 is 5.73 Å². The monoisotopic (exact) mass is 168 g/mol. The van der Waals surface area contributed by atoms with E-state index in [0.29, 0.717) is 5.92 Å². The Labute approximate surface area is 75.3 Å². The molecule has 1 atom stereocenters. The van der Waals surface area contributed by atoms with Gasteiger partial charge in [0.2, 0.25) is 0 Å². The van der Waals surface area contributed by atoms with E-state index in [0.717, 1.165) is 24.2 Å². The van der Waals surface area contributed by atoms with E-state index < -0.39 is 0 Å². The first kappa shape index (κ1) is 9.56. The molecule has 0 spiro atoms. The van der Waals surface area contributed by atoms with E-state index in [1.54, 1.807) is 0 Å².